The van der Waals surface area contributed by atoms with Gasteiger partial charge < -0.3 is 18.9 Å². The van der Waals surface area contributed by atoms with Gasteiger partial charge in [0.1, 0.15) is 6.26 Å². The number of hydrogen-bond donors (Lipinski definition) is 2. The molecule has 2 aromatic rings. The average molecular weight is 397 g/mol. The van der Waals surface area contributed by atoms with Crippen molar-refractivity contribution in [2.24, 2.45) is 0 Å². The van der Waals surface area contributed by atoms with E-state index in [0.717, 1.165) is 10.0 Å². The zero-order valence-electron chi connectivity index (χ0n) is 13.3. The van der Waals surface area contributed by atoms with Crippen LogP contribution in [0.15, 0.2) is 56.1 Å². The number of furan rings is 2. The molecule has 2 aromatic heterocycles. The first-order chi connectivity index (χ1) is 11.5. The number of hydrogen-bond acceptors (Lipinski definition) is 6. The molecular formula is C16H18BBrO6. The van der Waals surface area contributed by atoms with Gasteiger partial charge in [-0.25, -0.2) is 0 Å². The van der Waals surface area contributed by atoms with Gasteiger partial charge >= 0.3 is 7.12 Å². The van der Waals surface area contributed by atoms with Gasteiger partial charge in [-0.3, -0.25) is 9.59 Å². The smallest absolute Gasteiger partial charge is 0.461 e. The highest BCUT2D eigenvalue weighted by atomic mass is 79.9. The van der Waals surface area contributed by atoms with Crippen molar-refractivity contribution in [3.63, 3.8) is 0 Å². The molecule has 0 spiro atoms. The quantitative estimate of drug-likeness (QED) is 0.605. The molecule has 6 nitrogen and oxygen atoms in total. The van der Waals surface area contributed by atoms with E-state index in [1.165, 1.54) is 12.2 Å². The molecular weight excluding hydrogens is 379 g/mol. The molecule has 24 heavy (non-hydrogen) atoms. The monoisotopic (exact) mass is 396 g/mol. The number of carbonyl (C=O) groups is 2. The van der Waals surface area contributed by atoms with E-state index < -0.39 is 7.12 Å². The Balaban J connectivity index is 0.000000343. The molecule has 0 aliphatic rings. The van der Waals surface area contributed by atoms with E-state index in [2.05, 4.69) is 15.9 Å². The van der Waals surface area contributed by atoms with Crippen LogP contribution in [0.25, 0.3) is 6.08 Å². The molecule has 0 fully saturated rings. The minimum Gasteiger partial charge on any atom is -0.461 e. The molecule has 0 aliphatic carbocycles. The molecule has 0 radical (unpaired) electrons. The predicted octanol–water partition coefficient (Wildman–Crippen LogP) is 3.55. The normalized spacial score (nSPS) is 9.88. The lowest BCUT2D eigenvalue weighted by Crippen LogP contribution is -2.04. The van der Waals surface area contributed by atoms with Crippen molar-refractivity contribution < 1.29 is 28.5 Å². The molecule has 128 valence electrons. The van der Waals surface area contributed by atoms with Crippen molar-refractivity contribution in [3.8, 4) is 0 Å². The van der Waals surface area contributed by atoms with E-state index >= 15 is 0 Å². The number of carbonyl (C=O) groups excluding carboxylic acids is 2. The maximum absolute atomic E-state index is 10.1. The van der Waals surface area contributed by atoms with Crippen LogP contribution in [0.4, 0.5) is 0 Å². The lowest BCUT2D eigenvalue weighted by atomic mass is 9.92. The Morgan fingerprint density at radius 2 is 1.58 bits per heavy atom. The van der Waals surface area contributed by atoms with Crippen LogP contribution in [0.5, 0.6) is 0 Å². The Kier molecular flexibility index (Phi) is 12.1. The van der Waals surface area contributed by atoms with Crippen LogP contribution in [0.1, 0.15) is 40.5 Å². The molecule has 2 N–H and O–H groups in total. The van der Waals surface area contributed by atoms with Gasteiger partial charge in [-0.1, -0.05) is 24.2 Å². The van der Waals surface area contributed by atoms with Crippen molar-refractivity contribution in [1.29, 1.82) is 0 Å². The summed E-state index contributed by atoms with van der Waals surface area (Å²) in [6.07, 6.45) is 9.69. The fraction of sp³-hybridized carbons (Fsp3) is 0.125. The maximum atomic E-state index is 10.1. The molecule has 0 unspecified atom stereocenters. The van der Waals surface area contributed by atoms with Gasteiger partial charge in [0.15, 0.2) is 24.1 Å². The SMILES string of the molecule is C/C=C\B(O)O.C/C=C\c1coc(C=O)c1.O=Cc1cc(Br)co1. The number of aldehydes is 2. The number of allylic oxidation sites excluding steroid dienone is 2. The molecule has 0 saturated carbocycles. The van der Waals surface area contributed by atoms with Gasteiger partial charge in [-0.05, 0) is 35.8 Å². The molecule has 0 bridgehead atoms. The lowest BCUT2D eigenvalue weighted by Gasteiger charge is -1.78. The van der Waals surface area contributed by atoms with E-state index in [4.69, 9.17) is 18.9 Å². The first-order valence-corrected chi connectivity index (χ1v) is 7.60. The molecule has 0 atom stereocenters. The van der Waals surface area contributed by atoms with Crippen molar-refractivity contribution >= 4 is 41.7 Å². The Hall–Kier alpha value is -2.16. The summed E-state index contributed by atoms with van der Waals surface area (Å²) in [5, 5.41) is 16.0. The zero-order chi connectivity index (χ0) is 18.4. The van der Waals surface area contributed by atoms with E-state index in [0.29, 0.717) is 24.1 Å². The summed E-state index contributed by atoms with van der Waals surface area (Å²) < 4.78 is 10.3. The molecule has 0 aliphatic heterocycles. The minimum absolute atomic E-state index is 0.344. The summed E-state index contributed by atoms with van der Waals surface area (Å²) in [4.78, 5) is 20.0. The second-order valence-corrected chi connectivity index (χ2v) is 5.04. The van der Waals surface area contributed by atoms with Gasteiger partial charge in [0, 0.05) is 11.6 Å². The van der Waals surface area contributed by atoms with Gasteiger partial charge in [0.2, 0.25) is 0 Å². The molecule has 0 saturated heterocycles. The van der Waals surface area contributed by atoms with Crippen molar-refractivity contribution in [1.82, 2.24) is 0 Å². The highest BCUT2D eigenvalue weighted by Gasteiger charge is 1.95. The summed E-state index contributed by atoms with van der Waals surface area (Å²) in [6, 6.07) is 3.29. The van der Waals surface area contributed by atoms with Gasteiger partial charge in [0.25, 0.3) is 0 Å². The first-order valence-electron chi connectivity index (χ1n) is 6.81. The Morgan fingerprint density at radius 1 is 1.00 bits per heavy atom. The van der Waals surface area contributed by atoms with Crippen molar-refractivity contribution in [2.75, 3.05) is 0 Å². The summed E-state index contributed by atoms with van der Waals surface area (Å²) in [6.45, 7) is 3.63. The second kappa shape index (κ2) is 13.3. The van der Waals surface area contributed by atoms with Crippen LogP contribution in [0.3, 0.4) is 0 Å². The van der Waals surface area contributed by atoms with Crippen LogP contribution in [0, 0.1) is 0 Å². The van der Waals surface area contributed by atoms with E-state index in [1.54, 1.807) is 31.4 Å². The lowest BCUT2D eigenvalue weighted by molar-refractivity contribution is 0.109. The van der Waals surface area contributed by atoms with Crippen molar-refractivity contribution in [2.45, 2.75) is 13.8 Å². The molecule has 2 rings (SSSR count). The van der Waals surface area contributed by atoms with Gasteiger partial charge in [-0.15, -0.1) is 0 Å². The summed E-state index contributed by atoms with van der Waals surface area (Å²) in [7, 11) is -1.28. The number of halogens is 1. The summed E-state index contributed by atoms with van der Waals surface area (Å²) in [5.74, 6) is 1.99. The molecule has 2 heterocycles. The summed E-state index contributed by atoms with van der Waals surface area (Å²) in [5.41, 5.74) is 0.921. The number of rotatable bonds is 4. The van der Waals surface area contributed by atoms with Crippen molar-refractivity contribution in [3.05, 3.63) is 64.3 Å². The third kappa shape index (κ3) is 10.6. The topological polar surface area (TPSA) is 101 Å². The second-order valence-electron chi connectivity index (χ2n) is 4.12. The first kappa shape index (κ1) is 21.8. The maximum Gasteiger partial charge on any atom is 0.480 e. The third-order valence-electron chi connectivity index (χ3n) is 2.18. The van der Waals surface area contributed by atoms with Crippen LogP contribution in [-0.4, -0.2) is 29.7 Å². The fourth-order valence-electron chi connectivity index (χ4n) is 1.27. The standard InChI is InChI=1S/C8H8O2.C5H3BrO2.C3H7BO2/c1-2-3-7-4-8(5-9)10-6-7;6-4-1-5(2-7)8-3-4;1-2-3-4(5)6/h2-6H,1H3;1-3H;2-3,5-6H,1H3/b3-2-;;3-2-. The van der Waals surface area contributed by atoms with Gasteiger partial charge in [-0.2, -0.15) is 0 Å². The Labute approximate surface area is 148 Å². The van der Waals surface area contributed by atoms with Crippen LogP contribution < -0.4 is 0 Å². The van der Waals surface area contributed by atoms with E-state index in [-0.39, 0.29) is 0 Å². The van der Waals surface area contributed by atoms with Crippen LogP contribution in [0.2, 0.25) is 0 Å². The van der Waals surface area contributed by atoms with E-state index in [9.17, 15) is 9.59 Å². The van der Waals surface area contributed by atoms with Gasteiger partial charge in [0.05, 0.1) is 10.7 Å². The fourth-order valence-corrected chi connectivity index (χ4v) is 1.59. The largest absolute Gasteiger partial charge is 0.480 e. The Morgan fingerprint density at radius 3 is 1.88 bits per heavy atom. The minimum atomic E-state index is -1.28. The zero-order valence-corrected chi connectivity index (χ0v) is 14.8. The van der Waals surface area contributed by atoms with Crippen LogP contribution in [-0.2, 0) is 0 Å². The third-order valence-corrected chi connectivity index (χ3v) is 2.60. The molecule has 0 amide bonds. The Bertz CT molecular complexity index is 657. The highest BCUT2D eigenvalue weighted by molar-refractivity contribution is 9.10. The summed E-state index contributed by atoms with van der Waals surface area (Å²) >= 11 is 3.12. The molecule has 0 aromatic carbocycles. The average Bonchev–Trinajstić information content (AvgIpc) is 3.17. The van der Waals surface area contributed by atoms with E-state index in [1.807, 2.05) is 19.1 Å². The predicted molar refractivity (Wildman–Crippen MR) is 95.6 cm³/mol. The highest BCUT2D eigenvalue weighted by Crippen LogP contribution is 2.11. The molecule has 8 heteroatoms. The van der Waals surface area contributed by atoms with Crippen LogP contribution >= 0.6 is 15.9 Å².